The number of carboxylic acid groups (broad SMARTS) is 2. The first-order chi connectivity index (χ1) is 14.3. The Morgan fingerprint density at radius 2 is 1.50 bits per heavy atom. The van der Waals surface area contributed by atoms with Gasteiger partial charge in [0.15, 0.2) is 0 Å². The number of rotatable bonds is 9. The average molecular weight is 418 g/mol. The molecule has 0 aliphatic heterocycles. The van der Waals surface area contributed by atoms with E-state index in [4.69, 9.17) is 29.3 Å². The van der Waals surface area contributed by atoms with Gasteiger partial charge in [-0.15, -0.1) is 0 Å². The van der Waals surface area contributed by atoms with Gasteiger partial charge < -0.3 is 24.6 Å². The molecule has 2 aromatic rings. The van der Waals surface area contributed by atoms with Gasteiger partial charge in [-0.2, -0.15) is 0 Å². The van der Waals surface area contributed by atoms with Gasteiger partial charge >= 0.3 is 11.9 Å². The third-order valence-electron chi connectivity index (χ3n) is 4.18. The topological polar surface area (TPSA) is 99.5 Å². The van der Waals surface area contributed by atoms with Gasteiger partial charge in [0, 0.05) is 31.7 Å². The van der Waals surface area contributed by atoms with Gasteiger partial charge in [-0.05, 0) is 37.9 Å². The second-order valence-electron chi connectivity index (χ2n) is 6.79. The number of methoxy groups -OCH3 is 2. The Morgan fingerprint density at radius 1 is 0.867 bits per heavy atom. The molecule has 0 radical (unpaired) electrons. The Balaban J connectivity index is 0.000000656. The van der Waals surface area contributed by atoms with Crippen molar-refractivity contribution in [1.82, 2.24) is 9.80 Å². The molecular weight excluding hydrogens is 388 g/mol. The van der Waals surface area contributed by atoms with E-state index in [1.165, 1.54) is 5.56 Å². The molecule has 0 bridgehead atoms. The van der Waals surface area contributed by atoms with E-state index >= 15 is 0 Å². The summed E-state index contributed by atoms with van der Waals surface area (Å²) >= 11 is 0. The van der Waals surface area contributed by atoms with Crippen LogP contribution in [0, 0.1) is 0 Å². The van der Waals surface area contributed by atoms with Crippen LogP contribution >= 0.6 is 0 Å². The minimum atomic E-state index is -1.82. The number of nitrogens with zero attached hydrogens (tertiary/aromatic N) is 2. The fraction of sp³-hybridized carbons (Fsp3) is 0.364. The van der Waals surface area contributed by atoms with E-state index in [1.54, 1.807) is 14.2 Å². The molecule has 30 heavy (non-hydrogen) atoms. The van der Waals surface area contributed by atoms with Crippen LogP contribution in [0.5, 0.6) is 11.5 Å². The zero-order chi connectivity index (χ0) is 22.5. The number of hydrogen-bond acceptors (Lipinski definition) is 6. The maximum Gasteiger partial charge on any atom is 0.414 e. The number of likely N-dealkylation sites (N-methyl/N-ethyl adjacent to an activating group) is 1. The van der Waals surface area contributed by atoms with E-state index in [1.807, 2.05) is 12.1 Å². The SMILES string of the molecule is COc1ccc(OC)c(CN(CCN(C)C)Cc2ccccc2)c1.O=C(O)C(=O)O. The van der Waals surface area contributed by atoms with Crippen LogP contribution in [0.4, 0.5) is 0 Å². The summed E-state index contributed by atoms with van der Waals surface area (Å²) in [4.78, 5) is 22.8. The van der Waals surface area contributed by atoms with Crippen molar-refractivity contribution in [2.75, 3.05) is 41.4 Å². The van der Waals surface area contributed by atoms with Crippen molar-refractivity contribution in [3.63, 3.8) is 0 Å². The summed E-state index contributed by atoms with van der Waals surface area (Å²) in [5.41, 5.74) is 2.46. The highest BCUT2D eigenvalue weighted by molar-refractivity contribution is 6.27. The fourth-order valence-electron chi connectivity index (χ4n) is 2.64. The molecule has 0 aromatic heterocycles. The van der Waals surface area contributed by atoms with Gasteiger partial charge in [0.05, 0.1) is 14.2 Å². The van der Waals surface area contributed by atoms with Gasteiger partial charge in [0.1, 0.15) is 11.5 Å². The lowest BCUT2D eigenvalue weighted by Crippen LogP contribution is -2.31. The predicted molar refractivity (Wildman–Crippen MR) is 114 cm³/mol. The van der Waals surface area contributed by atoms with Crippen LogP contribution in [-0.2, 0) is 22.7 Å². The van der Waals surface area contributed by atoms with E-state index < -0.39 is 11.9 Å². The van der Waals surface area contributed by atoms with Crippen molar-refractivity contribution in [2.24, 2.45) is 0 Å². The minimum Gasteiger partial charge on any atom is -0.497 e. The van der Waals surface area contributed by atoms with Gasteiger partial charge in [-0.1, -0.05) is 30.3 Å². The maximum absolute atomic E-state index is 9.10. The molecule has 0 saturated heterocycles. The highest BCUT2D eigenvalue weighted by Gasteiger charge is 2.12. The first-order valence-corrected chi connectivity index (χ1v) is 9.35. The van der Waals surface area contributed by atoms with Gasteiger partial charge in [-0.25, -0.2) is 9.59 Å². The van der Waals surface area contributed by atoms with Crippen LogP contribution in [0.3, 0.4) is 0 Å². The molecule has 0 aliphatic rings. The molecule has 0 fully saturated rings. The third-order valence-corrected chi connectivity index (χ3v) is 4.18. The quantitative estimate of drug-likeness (QED) is 0.599. The van der Waals surface area contributed by atoms with Crippen molar-refractivity contribution in [2.45, 2.75) is 13.1 Å². The Hall–Kier alpha value is -3.10. The lowest BCUT2D eigenvalue weighted by atomic mass is 10.1. The Kier molecular flexibility index (Phi) is 11.0. The van der Waals surface area contributed by atoms with Gasteiger partial charge in [-0.3, -0.25) is 4.90 Å². The summed E-state index contributed by atoms with van der Waals surface area (Å²) in [6.45, 7) is 3.74. The van der Waals surface area contributed by atoms with E-state index in [9.17, 15) is 0 Å². The van der Waals surface area contributed by atoms with Crippen LogP contribution < -0.4 is 9.47 Å². The Morgan fingerprint density at radius 3 is 2.00 bits per heavy atom. The second-order valence-corrected chi connectivity index (χ2v) is 6.79. The standard InChI is InChI=1S/C20H28N2O2.C2H2O4/c1-21(2)12-13-22(15-17-8-6-5-7-9-17)16-18-14-19(23-3)10-11-20(18)24-4;3-1(4)2(5)6/h5-11,14H,12-13,15-16H2,1-4H3;(H,3,4)(H,5,6). The smallest absolute Gasteiger partial charge is 0.414 e. The van der Waals surface area contributed by atoms with Crippen LogP contribution in [0.15, 0.2) is 48.5 Å². The predicted octanol–water partition coefficient (Wildman–Crippen LogP) is 2.42. The highest BCUT2D eigenvalue weighted by atomic mass is 16.5. The second kappa shape index (κ2) is 13.2. The van der Waals surface area contributed by atoms with Gasteiger partial charge in [0.2, 0.25) is 0 Å². The van der Waals surface area contributed by atoms with Crippen molar-refractivity contribution in [3.05, 3.63) is 59.7 Å². The molecule has 0 amide bonds. The van der Waals surface area contributed by atoms with Crippen LogP contribution in [0.1, 0.15) is 11.1 Å². The summed E-state index contributed by atoms with van der Waals surface area (Å²) in [6, 6.07) is 16.5. The molecule has 8 nitrogen and oxygen atoms in total. The third kappa shape index (κ3) is 9.40. The lowest BCUT2D eigenvalue weighted by Gasteiger charge is -2.25. The molecule has 0 aliphatic carbocycles. The highest BCUT2D eigenvalue weighted by Crippen LogP contribution is 2.25. The summed E-state index contributed by atoms with van der Waals surface area (Å²) < 4.78 is 10.9. The van der Waals surface area contributed by atoms with Crippen molar-refractivity contribution >= 4 is 11.9 Å². The number of aliphatic carboxylic acids is 2. The number of carboxylic acids is 2. The number of carbonyl (C=O) groups is 2. The number of benzene rings is 2. The largest absolute Gasteiger partial charge is 0.497 e. The zero-order valence-electron chi connectivity index (χ0n) is 17.9. The molecule has 0 saturated carbocycles. The van der Waals surface area contributed by atoms with E-state index in [-0.39, 0.29) is 0 Å². The molecule has 0 heterocycles. The van der Waals surface area contributed by atoms with Crippen molar-refractivity contribution in [1.29, 1.82) is 0 Å². The number of hydrogen-bond donors (Lipinski definition) is 2. The Bertz CT molecular complexity index is 783. The van der Waals surface area contributed by atoms with Gasteiger partial charge in [0.25, 0.3) is 0 Å². The lowest BCUT2D eigenvalue weighted by molar-refractivity contribution is -0.159. The summed E-state index contributed by atoms with van der Waals surface area (Å²) in [5, 5.41) is 14.8. The molecule has 2 aromatic carbocycles. The van der Waals surface area contributed by atoms with E-state index in [0.717, 1.165) is 43.2 Å². The molecule has 0 spiro atoms. The summed E-state index contributed by atoms with van der Waals surface area (Å²) in [7, 11) is 7.62. The zero-order valence-corrected chi connectivity index (χ0v) is 17.9. The normalized spacial score (nSPS) is 10.3. The fourth-order valence-corrected chi connectivity index (χ4v) is 2.64. The van der Waals surface area contributed by atoms with E-state index in [0.29, 0.717) is 0 Å². The van der Waals surface area contributed by atoms with Crippen LogP contribution in [0.2, 0.25) is 0 Å². The van der Waals surface area contributed by atoms with E-state index in [2.05, 4.69) is 60.3 Å². The van der Waals surface area contributed by atoms with Crippen molar-refractivity contribution in [3.8, 4) is 11.5 Å². The first-order valence-electron chi connectivity index (χ1n) is 9.35. The summed E-state index contributed by atoms with van der Waals surface area (Å²) in [6.07, 6.45) is 0. The van der Waals surface area contributed by atoms with Crippen molar-refractivity contribution < 1.29 is 29.3 Å². The van der Waals surface area contributed by atoms with Crippen LogP contribution in [0.25, 0.3) is 0 Å². The average Bonchev–Trinajstić information content (AvgIpc) is 2.73. The molecule has 0 unspecified atom stereocenters. The van der Waals surface area contributed by atoms with Crippen LogP contribution in [-0.4, -0.2) is 73.4 Å². The molecular formula is C22H30N2O6. The minimum absolute atomic E-state index is 0.823. The monoisotopic (exact) mass is 418 g/mol. The molecule has 2 N–H and O–H groups in total. The summed E-state index contributed by atoms with van der Waals surface area (Å²) in [5.74, 6) is -1.89. The maximum atomic E-state index is 9.10. The number of ether oxygens (including phenoxy) is 2. The first kappa shape index (κ1) is 24.9. The molecule has 2 rings (SSSR count). The molecule has 0 atom stereocenters. The molecule has 8 heteroatoms. The Labute approximate surface area is 177 Å². The molecule has 164 valence electrons.